The van der Waals surface area contributed by atoms with Gasteiger partial charge >= 0.3 is 5.97 Å². The smallest absolute Gasteiger partial charge is 0.303 e. The van der Waals surface area contributed by atoms with Crippen molar-refractivity contribution in [2.24, 2.45) is 0 Å². The summed E-state index contributed by atoms with van der Waals surface area (Å²) in [6.07, 6.45) is 5.88. The second-order valence-corrected chi connectivity index (χ2v) is 8.64. The molecule has 0 bridgehead atoms. The van der Waals surface area contributed by atoms with Crippen LogP contribution in [0.3, 0.4) is 0 Å². The Labute approximate surface area is 200 Å². The lowest BCUT2D eigenvalue weighted by Gasteiger charge is -2.12. The molecule has 1 aromatic heterocycles. The molecule has 3 rings (SSSR count). The van der Waals surface area contributed by atoms with Crippen molar-refractivity contribution in [3.05, 3.63) is 52.8 Å². The minimum absolute atomic E-state index is 0.202. The lowest BCUT2D eigenvalue weighted by Crippen LogP contribution is -2.03. The fraction of sp³-hybridized carbons (Fsp3) is 0.462. The van der Waals surface area contributed by atoms with Crippen molar-refractivity contribution in [2.75, 3.05) is 13.2 Å². The average Bonchev–Trinajstić information content (AvgIpc) is 3.11. The summed E-state index contributed by atoms with van der Waals surface area (Å²) in [6, 6.07) is 11.8. The van der Waals surface area contributed by atoms with Gasteiger partial charge in [0.1, 0.15) is 22.8 Å². The van der Waals surface area contributed by atoms with Crippen LogP contribution in [-0.4, -0.2) is 33.8 Å². The summed E-state index contributed by atoms with van der Waals surface area (Å²) in [5.74, 6) is 1.68. The highest BCUT2D eigenvalue weighted by atomic mass is 35.5. The number of hydrogen-bond acceptors (Lipinski definition) is 4. The molecule has 0 aliphatic rings. The van der Waals surface area contributed by atoms with E-state index in [0.717, 1.165) is 59.6 Å². The fourth-order valence-electron chi connectivity index (χ4n) is 3.75. The second-order valence-electron chi connectivity index (χ2n) is 8.23. The number of carbonyl (C=O) groups is 1. The minimum Gasteiger partial charge on any atom is -0.494 e. The number of halogens is 1. The SMILES string of the molecule is CCCCCOc1ccc(Cn2c(C)nc3c(OCCCCCC(=O)O)cccc32)c(Cl)c1. The molecule has 0 radical (unpaired) electrons. The molecule has 0 saturated carbocycles. The van der Waals surface area contributed by atoms with Gasteiger partial charge in [0.25, 0.3) is 0 Å². The number of carboxylic acids is 1. The fourth-order valence-corrected chi connectivity index (χ4v) is 3.98. The van der Waals surface area contributed by atoms with Crippen LogP contribution >= 0.6 is 11.6 Å². The molecule has 0 amide bonds. The van der Waals surface area contributed by atoms with Crippen molar-refractivity contribution in [3.63, 3.8) is 0 Å². The number of aryl methyl sites for hydroxylation is 1. The molecular weight excluding hydrogens is 440 g/mol. The number of hydrogen-bond donors (Lipinski definition) is 1. The number of rotatable bonds is 14. The zero-order valence-corrected chi connectivity index (χ0v) is 20.2. The Kier molecular flexibility index (Phi) is 9.43. The van der Waals surface area contributed by atoms with Crippen molar-refractivity contribution in [2.45, 2.75) is 65.3 Å². The third-order valence-corrected chi connectivity index (χ3v) is 5.95. The van der Waals surface area contributed by atoms with E-state index in [1.807, 2.05) is 43.3 Å². The Bertz CT molecular complexity index is 1060. The number of benzene rings is 2. The van der Waals surface area contributed by atoms with Gasteiger partial charge in [0, 0.05) is 11.4 Å². The number of carboxylic acid groups (broad SMARTS) is 1. The van der Waals surface area contributed by atoms with E-state index in [2.05, 4.69) is 11.5 Å². The van der Waals surface area contributed by atoms with Crippen LogP contribution in [0.25, 0.3) is 11.0 Å². The van der Waals surface area contributed by atoms with Gasteiger partial charge in [-0.15, -0.1) is 0 Å². The molecule has 0 spiro atoms. The van der Waals surface area contributed by atoms with E-state index in [9.17, 15) is 4.79 Å². The highest BCUT2D eigenvalue weighted by Crippen LogP contribution is 2.29. The molecule has 0 aliphatic heterocycles. The Morgan fingerprint density at radius 3 is 2.61 bits per heavy atom. The zero-order chi connectivity index (χ0) is 23.6. The monoisotopic (exact) mass is 472 g/mol. The van der Waals surface area contributed by atoms with Crippen molar-refractivity contribution < 1.29 is 19.4 Å². The minimum atomic E-state index is -0.754. The number of ether oxygens (including phenoxy) is 2. The molecule has 0 atom stereocenters. The Morgan fingerprint density at radius 2 is 1.85 bits per heavy atom. The molecule has 33 heavy (non-hydrogen) atoms. The maximum Gasteiger partial charge on any atom is 0.303 e. The zero-order valence-electron chi connectivity index (χ0n) is 19.5. The summed E-state index contributed by atoms with van der Waals surface area (Å²) >= 11 is 6.58. The maximum absolute atomic E-state index is 10.6. The van der Waals surface area contributed by atoms with Crippen LogP contribution < -0.4 is 9.47 Å². The lowest BCUT2D eigenvalue weighted by molar-refractivity contribution is -0.137. The standard InChI is InChI=1S/C26H33ClN2O4/c1-3-4-7-15-32-21-14-13-20(22(27)17-21)18-29-19(2)28-26-23(29)10-9-11-24(26)33-16-8-5-6-12-25(30)31/h9-11,13-14,17H,3-8,12,15-16,18H2,1-2H3,(H,30,31). The van der Waals surface area contributed by atoms with Crippen molar-refractivity contribution in [1.29, 1.82) is 0 Å². The first-order chi connectivity index (χ1) is 16.0. The molecule has 0 unspecified atom stereocenters. The summed E-state index contributed by atoms with van der Waals surface area (Å²) < 4.78 is 13.9. The highest BCUT2D eigenvalue weighted by Gasteiger charge is 2.14. The van der Waals surface area contributed by atoms with Gasteiger partial charge in [0.15, 0.2) is 0 Å². The van der Waals surface area contributed by atoms with Gasteiger partial charge in [0.2, 0.25) is 0 Å². The Balaban J connectivity index is 1.66. The third-order valence-electron chi connectivity index (χ3n) is 5.59. The third kappa shape index (κ3) is 7.13. The molecule has 0 saturated heterocycles. The average molecular weight is 473 g/mol. The van der Waals surface area contributed by atoms with E-state index in [-0.39, 0.29) is 6.42 Å². The van der Waals surface area contributed by atoms with Gasteiger partial charge in [-0.25, -0.2) is 4.98 Å². The van der Waals surface area contributed by atoms with Crippen molar-refractivity contribution in [1.82, 2.24) is 9.55 Å². The van der Waals surface area contributed by atoms with E-state index in [1.54, 1.807) is 0 Å². The van der Waals surface area contributed by atoms with Crippen LogP contribution in [0.4, 0.5) is 0 Å². The maximum atomic E-state index is 10.6. The Hall–Kier alpha value is -2.73. The first-order valence-corrected chi connectivity index (χ1v) is 12.1. The van der Waals surface area contributed by atoms with Crippen LogP contribution in [0.1, 0.15) is 63.3 Å². The van der Waals surface area contributed by atoms with Gasteiger partial charge in [-0.2, -0.15) is 0 Å². The first kappa shape index (κ1) is 24.9. The van der Waals surface area contributed by atoms with Crippen molar-refractivity contribution in [3.8, 4) is 11.5 Å². The van der Waals surface area contributed by atoms with Gasteiger partial charge < -0.3 is 19.1 Å². The number of nitrogens with zero attached hydrogens (tertiary/aromatic N) is 2. The van der Waals surface area contributed by atoms with Crippen molar-refractivity contribution >= 4 is 28.6 Å². The van der Waals surface area contributed by atoms with Gasteiger partial charge in [0.05, 0.1) is 25.3 Å². The summed E-state index contributed by atoms with van der Waals surface area (Å²) in [5.41, 5.74) is 2.82. The molecule has 178 valence electrons. The molecule has 0 aliphatic carbocycles. The van der Waals surface area contributed by atoms with E-state index in [4.69, 9.17) is 31.2 Å². The predicted octanol–water partition coefficient (Wildman–Crippen LogP) is 6.64. The summed E-state index contributed by atoms with van der Waals surface area (Å²) in [4.78, 5) is 15.4. The Morgan fingerprint density at radius 1 is 1.06 bits per heavy atom. The van der Waals surface area contributed by atoms with Crippen LogP contribution in [0.15, 0.2) is 36.4 Å². The van der Waals surface area contributed by atoms with E-state index >= 15 is 0 Å². The lowest BCUT2D eigenvalue weighted by atomic mass is 10.2. The number of imidazole rings is 1. The van der Waals surface area contributed by atoms with E-state index in [0.29, 0.717) is 31.2 Å². The van der Waals surface area contributed by atoms with Crippen LogP contribution in [0.2, 0.25) is 5.02 Å². The highest BCUT2D eigenvalue weighted by molar-refractivity contribution is 6.31. The quantitative estimate of drug-likeness (QED) is 0.266. The molecule has 2 aromatic carbocycles. The van der Waals surface area contributed by atoms with Gasteiger partial charge in [-0.3, -0.25) is 4.79 Å². The van der Waals surface area contributed by atoms with E-state index < -0.39 is 5.97 Å². The molecule has 7 heteroatoms. The molecular formula is C26H33ClN2O4. The number of unbranched alkanes of at least 4 members (excludes halogenated alkanes) is 4. The summed E-state index contributed by atoms with van der Waals surface area (Å²) in [6.45, 7) is 6.01. The first-order valence-electron chi connectivity index (χ1n) is 11.7. The molecule has 1 heterocycles. The number of fused-ring (bicyclic) bond motifs is 1. The van der Waals surface area contributed by atoms with Gasteiger partial charge in [-0.1, -0.05) is 43.5 Å². The normalized spacial score (nSPS) is 11.1. The molecule has 1 N–H and O–H groups in total. The topological polar surface area (TPSA) is 73.6 Å². The summed E-state index contributed by atoms with van der Waals surface area (Å²) in [7, 11) is 0. The number of aliphatic carboxylic acids is 1. The largest absolute Gasteiger partial charge is 0.494 e. The second kappa shape index (κ2) is 12.5. The van der Waals surface area contributed by atoms with Gasteiger partial charge in [-0.05, 0) is 62.4 Å². The number of aromatic nitrogens is 2. The summed E-state index contributed by atoms with van der Waals surface area (Å²) in [5, 5.41) is 9.41. The van der Waals surface area contributed by atoms with E-state index in [1.165, 1.54) is 6.42 Å². The van der Waals surface area contributed by atoms with Crippen LogP contribution in [0.5, 0.6) is 11.5 Å². The van der Waals surface area contributed by atoms with Crippen LogP contribution in [0, 0.1) is 6.92 Å². The molecule has 3 aromatic rings. The predicted molar refractivity (Wildman–Crippen MR) is 132 cm³/mol. The number of para-hydroxylation sites is 1. The van der Waals surface area contributed by atoms with Crippen LogP contribution in [-0.2, 0) is 11.3 Å². The molecule has 6 nitrogen and oxygen atoms in total. The molecule has 0 fully saturated rings.